The van der Waals surface area contributed by atoms with E-state index in [1.807, 2.05) is 26.0 Å². The molecule has 33 heavy (non-hydrogen) atoms. The summed E-state index contributed by atoms with van der Waals surface area (Å²) in [6, 6.07) is 9.00. The van der Waals surface area contributed by atoms with E-state index < -0.39 is 18.2 Å². The third kappa shape index (κ3) is 8.44. The van der Waals surface area contributed by atoms with Crippen LogP contribution in [0.15, 0.2) is 36.4 Å². The molecule has 3 N–H and O–H groups in total. The van der Waals surface area contributed by atoms with Crippen molar-refractivity contribution >= 4 is 18.0 Å². The van der Waals surface area contributed by atoms with Crippen LogP contribution in [0.25, 0.3) is 17.2 Å². The SMILES string of the molecule is CC(=O)NCCOC(=O)C[C@H](O)C[C@H](O)C=Cc1c(C)cc(C)cc1-c1ccc(F)c(C)c1. The molecule has 0 aromatic heterocycles. The maximum atomic E-state index is 13.7. The molecule has 2 atom stereocenters. The van der Waals surface area contributed by atoms with Gasteiger partial charge in [-0.3, -0.25) is 9.59 Å². The lowest BCUT2D eigenvalue weighted by Gasteiger charge is -2.15. The average molecular weight is 458 g/mol. The lowest BCUT2D eigenvalue weighted by Crippen LogP contribution is -2.27. The first-order valence-corrected chi connectivity index (χ1v) is 10.9. The van der Waals surface area contributed by atoms with Crippen LogP contribution in [-0.4, -0.2) is 47.4 Å². The number of aliphatic hydroxyl groups is 2. The Kier molecular flexibility index (Phi) is 9.75. The number of amides is 1. The first kappa shape index (κ1) is 26.2. The van der Waals surface area contributed by atoms with Crippen LogP contribution in [0.1, 0.15) is 42.0 Å². The minimum absolute atomic E-state index is 0.0198. The number of nitrogens with one attached hydrogen (secondary N) is 1. The summed E-state index contributed by atoms with van der Waals surface area (Å²) >= 11 is 0. The second kappa shape index (κ2) is 12.3. The van der Waals surface area contributed by atoms with E-state index in [0.717, 1.165) is 27.8 Å². The van der Waals surface area contributed by atoms with E-state index in [1.54, 1.807) is 31.2 Å². The van der Waals surface area contributed by atoms with Crippen LogP contribution in [0, 0.1) is 26.6 Å². The quantitative estimate of drug-likeness (QED) is 0.374. The number of rotatable bonds is 10. The topological polar surface area (TPSA) is 95.9 Å². The van der Waals surface area contributed by atoms with Crippen LogP contribution in [-0.2, 0) is 14.3 Å². The molecule has 0 heterocycles. The maximum Gasteiger partial charge on any atom is 0.308 e. The van der Waals surface area contributed by atoms with Crippen LogP contribution in [0.2, 0.25) is 0 Å². The lowest BCUT2D eigenvalue weighted by molar-refractivity contribution is -0.146. The Morgan fingerprint density at radius 2 is 1.85 bits per heavy atom. The van der Waals surface area contributed by atoms with Gasteiger partial charge in [0, 0.05) is 13.3 Å². The summed E-state index contributed by atoms with van der Waals surface area (Å²) in [6.07, 6.45) is 1.02. The highest BCUT2D eigenvalue weighted by atomic mass is 19.1. The van der Waals surface area contributed by atoms with Crippen molar-refractivity contribution in [1.82, 2.24) is 5.32 Å². The molecule has 0 spiro atoms. The number of ether oxygens (including phenoxy) is 1. The van der Waals surface area contributed by atoms with Crippen molar-refractivity contribution in [3.05, 3.63) is 64.5 Å². The van der Waals surface area contributed by atoms with Gasteiger partial charge in [0.05, 0.1) is 25.2 Å². The molecule has 0 bridgehead atoms. The molecule has 6 nitrogen and oxygen atoms in total. The van der Waals surface area contributed by atoms with Gasteiger partial charge in [-0.05, 0) is 60.7 Å². The predicted octanol–water partition coefficient (Wildman–Crippen LogP) is 3.61. The fraction of sp³-hybridized carbons (Fsp3) is 0.385. The number of halogens is 1. The van der Waals surface area contributed by atoms with Gasteiger partial charge in [-0.2, -0.15) is 0 Å². The zero-order chi connectivity index (χ0) is 24.5. The number of esters is 1. The Balaban J connectivity index is 2.04. The summed E-state index contributed by atoms with van der Waals surface area (Å²) in [5, 5.41) is 23.0. The Hall–Kier alpha value is -3.03. The molecular weight excluding hydrogens is 425 g/mol. The van der Waals surface area contributed by atoms with Gasteiger partial charge in [-0.15, -0.1) is 0 Å². The summed E-state index contributed by atoms with van der Waals surface area (Å²) in [4.78, 5) is 22.5. The van der Waals surface area contributed by atoms with Crippen molar-refractivity contribution in [3.63, 3.8) is 0 Å². The van der Waals surface area contributed by atoms with Crippen LogP contribution in [0.3, 0.4) is 0 Å². The van der Waals surface area contributed by atoms with Crippen molar-refractivity contribution in [2.45, 2.75) is 52.7 Å². The molecule has 178 valence electrons. The third-order valence-corrected chi connectivity index (χ3v) is 5.14. The highest BCUT2D eigenvalue weighted by molar-refractivity contribution is 5.78. The number of aryl methyl sites for hydroxylation is 3. The Morgan fingerprint density at radius 1 is 1.12 bits per heavy atom. The fourth-order valence-corrected chi connectivity index (χ4v) is 3.54. The van der Waals surface area contributed by atoms with Gasteiger partial charge in [0.25, 0.3) is 0 Å². The largest absolute Gasteiger partial charge is 0.464 e. The summed E-state index contributed by atoms with van der Waals surface area (Å²) in [5.74, 6) is -1.09. The van der Waals surface area contributed by atoms with E-state index in [-0.39, 0.29) is 37.7 Å². The van der Waals surface area contributed by atoms with Crippen molar-refractivity contribution in [2.75, 3.05) is 13.2 Å². The first-order chi connectivity index (χ1) is 15.6. The van der Waals surface area contributed by atoms with Crippen molar-refractivity contribution < 1.29 is 28.9 Å². The molecule has 0 radical (unpaired) electrons. The van der Waals surface area contributed by atoms with Crippen LogP contribution < -0.4 is 5.32 Å². The van der Waals surface area contributed by atoms with E-state index in [4.69, 9.17) is 4.74 Å². The molecule has 2 rings (SSSR count). The van der Waals surface area contributed by atoms with Gasteiger partial charge < -0.3 is 20.3 Å². The molecule has 0 aliphatic heterocycles. The standard InChI is InChI=1S/C26H32FNO5/c1-16-11-17(2)23(24(12-16)20-5-8-25(27)18(3)13-20)7-6-21(30)14-22(31)15-26(32)33-10-9-28-19(4)29/h5-8,11-13,21-22,30-31H,9-10,14-15H2,1-4H3,(H,28,29)/t21-,22-/m1/s1. The highest BCUT2D eigenvalue weighted by Gasteiger charge is 2.16. The summed E-state index contributed by atoms with van der Waals surface area (Å²) in [5.41, 5.74) is 5.29. The number of carbonyl (C=O) groups excluding carboxylic acids is 2. The van der Waals surface area contributed by atoms with Crippen LogP contribution >= 0.6 is 0 Å². The molecule has 0 saturated carbocycles. The van der Waals surface area contributed by atoms with Gasteiger partial charge in [0.15, 0.2) is 0 Å². The molecule has 2 aromatic rings. The van der Waals surface area contributed by atoms with E-state index in [0.29, 0.717) is 5.56 Å². The number of hydrogen-bond donors (Lipinski definition) is 3. The number of aliphatic hydroxyl groups excluding tert-OH is 2. The normalized spacial score (nSPS) is 13.1. The van der Waals surface area contributed by atoms with Gasteiger partial charge in [-0.1, -0.05) is 35.9 Å². The monoisotopic (exact) mass is 457 g/mol. The predicted molar refractivity (Wildman–Crippen MR) is 126 cm³/mol. The van der Waals surface area contributed by atoms with E-state index in [9.17, 15) is 24.2 Å². The van der Waals surface area contributed by atoms with E-state index >= 15 is 0 Å². The van der Waals surface area contributed by atoms with Gasteiger partial charge in [0.2, 0.25) is 5.91 Å². The number of benzene rings is 2. The average Bonchev–Trinajstić information content (AvgIpc) is 2.71. The van der Waals surface area contributed by atoms with Crippen LogP contribution in [0.4, 0.5) is 4.39 Å². The number of carbonyl (C=O) groups is 2. The van der Waals surface area contributed by atoms with Crippen molar-refractivity contribution in [1.29, 1.82) is 0 Å². The Bertz CT molecular complexity index is 1020. The van der Waals surface area contributed by atoms with E-state index in [1.165, 1.54) is 13.0 Å². The second-order valence-corrected chi connectivity index (χ2v) is 8.23. The second-order valence-electron chi connectivity index (χ2n) is 8.23. The molecule has 2 aromatic carbocycles. The molecule has 7 heteroatoms. The summed E-state index contributed by atoms with van der Waals surface area (Å²) in [7, 11) is 0. The van der Waals surface area contributed by atoms with Gasteiger partial charge in [-0.25, -0.2) is 4.39 Å². The van der Waals surface area contributed by atoms with Crippen molar-refractivity contribution in [3.8, 4) is 11.1 Å². The molecule has 0 fully saturated rings. The molecule has 0 aliphatic rings. The zero-order valence-electron chi connectivity index (χ0n) is 19.5. The minimum atomic E-state index is -1.07. The highest BCUT2D eigenvalue weighted by Crippen LogP contribution is 2.30. The zero-order valence-corrected chi connectivity index (χ0v) is 19.5. The third-order valence-electron chi connectivity index (χ3n) is 5.14. The number of hydrogen-bond acceptors (Lipinski definition) is 5. The summed E-state index contributed by atoms with van der Waals surface area (Å²) < 4.78 is 18.7. The lowest BCUT2D eigenvalue weighted by atomic mass is 9.92. The molecule has 0 saturated heterocycles. The van der Waals surface area contributed by atoms with Gasteiger partial charge >= 0.3 is 5.97 Å². The minimum Gasteiger partial charge on any atom is -0.464 e. The molecule has 1 amide bonds. The van der Waals surface area contributed by atoms with Crippen LogP contribution in [0.5, 0.6) is 0 Å². The van der Waals surface area contributed by atoms with E-state index in [2.05, 4.69) is 5.32 Å². The van der Waals surface area contributed by atoms with Crippen molar-refractivity contribution in [2.24, 2.45) is 0 Å². The van der Waals surface area contributed by atoms with Gasteiger partial charge in [0.1, 0.15) is 12.4 Å². The fourth-order valence-electron chi connectivity index (χ4n) is 3.54. The Morgan fingerprint density at radius 3 is 2.52 bits per heavy atom. The molecular formula is C26H32FNO5. The molecule has 0 aliphatic carbocycles. The Labute approximate surface area is 194 Å². The summed E-state index contributed by atoms with van der Waals surface area (Å²) in [6.45, 7) is 7.25. The molecule has 0 unspecified atom stereocenters. The maximum absolute atomic E-state index is 13.7. The first-order valence-electron chi connectivity index (χ1n) is 10.9. The smallest absolute Gasteiger partial charge is 0.308 e.